The van der Waals surface area contributed by atoms with Crippen LogP contribution in [0, 0.1) is 5.82 Å². The van der Waals surface area contributed by atoms with Crippen LogP contribution in [-0.2, 0) is 19.4 Å². The summed E-state index contributed by atoms with van der Waals surface area (Å²) >= 11 is 8.19. The monoisotopic (exact) mass is 554 g/mol. The third kappa shape index (κ3) is 6.21. The molecule has 0 spiro atoms. The van der Waals surface area contributed by atoms with Gasteiger partial charge in [0.2, 0.25) is 0 Å². The highest BCUT2D eigenvalue weighted by molar-refractivity contribution is 7.16. The van der Waals surface area contributed by atoms with Gasteiger partial charge in [-0.25, -0.2) is 9.38 Å². The highest BCUT2D eigenvalue weighted by Crippen LogP contribution is 2.41. The Morgan fingerprint density at radius 3 is 2.66 bits per heavy atom. The lowest BCUT2D eigenvalue weighted by atomic mass is 9.93. The number of hydrogen-bond donors (Lipinski definition) is 1. The van der Waals surface area contributed by atoms with Gasteiger partial charge in [-0.1, -0.05) is 43.0 Å². The fourth-order valence-corrected chi connectivity index (χ4v) is 6.71. The van der Waals surface area contributed by atoms with Gasteiger partial charge in [-0.05, 0) is 79.5 Å². The Bertz CT molecular complexity index is 1320. The van der Waals surface area contributed by atoms with Gasteiger partial charge in [0.05, 0.1) is 17.7 Å². The molecule has 1 amide bonds. The van der Waals surface area contributed by atoms with Gasteiger partial charge in [-0.3, -0.25) is 4.79 Å². The van der Waals surface area contributed by atoms with Gasteiger partial charge in [0.1, 0.15) is 17.4 Å². The van der Waals surface area contributed by atoms with E-state index in [0.29, 0.717) is 16.5 Å². The van der Waals surface area contributed by atoms with Crippen LogP contribution in [0.25, 0.3) is 0 Å². The van der Waals surface area contributed by atoms with Crippen LogP contribution in [0.1, 0.15) is 76.9 Å². The van der Waals surface area contributed by atoms with Crippen LogP contribution >= 0.6 is 22.9 Å². The molecular formula is C30H32ClFN2O3S. The molecular weight excluding hydrogens is 523 g/mol. The van der Waals surface area contributed by atoms with Crippen LogP contribution in [0.5, 0.6) is 11.5 Å². The third-order valence-corrected chi connectivity index (χ3v) is 8.68. The van der Waals surface area contributed by atoms with E-state index < -0.39 is 0 Å². The number of aryl methyl sites for hydroxylation is 1. The second kappa shape index (κ2) is 12.3. The second-order valence-electron chi connectivity index (χ2n) is 9.91. The number of ether oxygens (including phenoxy) is 2. The van der Waals surface area contributed by atoms with E-state index in [0.717, 1.165) is 60.2 Å². The summed E-state index contributed by atoms with van der Waals surface area (Å²) in [6.45, 7) is 0.226. The maximum atomic E-state index is 13.4. The molecule has 0 aliphatic heterocycles. The minimum absolute atomic E-state index is 0.00334. The molecule has 0 bridgehead atoms. The summed E-state index contributed by atoms with van der Waals surface area (Å²) < 4.78 is 24.7. The maximum Gasteiger partial charge on any atom is 0.254 e. The van der Waals surface area contributed by atoms with E-state index in [1.54, 1.807) is 42.9 Å². The number of nitrogens with zero attached hydrogens (tertiary/aromatic N) is 1. The van der Waals surface area contributed by atoms with Crippen molar-refractivity contribution in [3.8, 4) is 11.5 Å². The smallest absolute Gasteiger partial charge is 0.254 e. The van der Waals surface area contributed by atoms with Crippen molar-refractivity contribution in [3.63, 3.8) is 0 Å². The number of rotatable bonds is 8. The zero-order chi connectivity index (χ0) is 26.5. The van der Waals surface area contributed by atoms with Gasteiger partial charge >= 0.3 is 0 Å². The fraction of sp³-hybridized carbons (Fsp3) is 0.400. The molecule has 38 heavy (non-hydrogen) atoms. The number of carbonyl (C=O) groups excluding carboxylic acids is 1. The van der Waals surface area contributed by atoms with E-state index in [9.17, 15) is 9.18 Å². The molecule has 1 saturated carbocycles. The quantitative estimate of drug-likeness (QED) is 0.289. The number of fused-ring (bicyclic) bond motifs is 1. The van der Waals surface area contributed by atoms with Crippen LogP contribution in [0.15, 0.2) is 41.4 Å². The number of amides is 1. The number of methoxy groups -OCH3 is 1. The number of hydrogen-bond acceptors (Lipinski definition) is 5. The Hall–Kier alpha value is -2.90. The van der Waals surface area contributed by atoms with E-state index >= 15 is 0 Å². The van der Waals surface area contributed by atoms with Gasteiger partial charge in [0, 0.05) is 17.1 Å². The molecule has 5 rings (SSSR count). The van der Waals surface area contributed by atoms with Crippen LogP contribution in [0.2, 0.25) is 5.02 Å². The number of nitrogens with one attached hydrogen (secondary N) is 1. The van der Waals surface area contributed by atoms with Crippen molar-refractivity contribution in [2.75, 3.05) is 7.11 Å². The van der Waals surface area contributed by atoms with E-state index in [1.165, 1.54) is 41.8 Å². The molecule has 2 aliphatic carbocycles. The average Bonchev–Trinajstić information content (AvgIpc) is 3.31. The standard InChI is InChI=1S/C30H32ClFN2O3S/c1-36-25-16-20(15-24(31)28(25)37-18-19-11-13-21(32)14-12-19)17-33-30-27(23-9-5-6-10-26(23)38-30)29(35)34-22-7-3-2-4-8-22/h11-17,22H,2-10,18H2,1H3,(H,34,35). The van der Waals surface area contributed by atoms with Crippen molar-refractivity contribution in [2.24, 2.45) is 4.99 Å². The van der Waals surface area contributed by atoms with Gasteiger partial charge in [-0.2, -0.15) is 0 Å². The summed E-state index contributed by atoms with van der Waals surface area (Å²) in [5, 5.41) is 4.42. The van der Waals surface area contributed by atoms with Crippen molar-refractivity contribution >= 4 is 40.1 Å². The molecule has 2 aliphatic rings. The van der Waals surface area contributed by atoms with Crippen LogP contribution in [0.4, 0.5) is 9.39 Å². The van der Waals surface area contributed by atoms with Crippen molar-refractivity contribution < 1.29 is 18.7 Å². The summed E-state index contributed by atoms with van der Waals surface area (Å²) in [7, 11) is 1.55. The number of carbonyl (C=O) groups is 1. The molecule has 1 aromatic heterocycles. The second-order valence-corrected chi connectivity index (χ2v) is 11.4. The molecule has 0 atom stereocenters. The summed E-state index contributed by atoms with van der Waals surface area (Å²) in [6.07, 6.45) is 11.6. The normalized spacial score (nSPS) is 15.9. The molecule has 200 valence electrons. The number of aliphatic imine (C=N–C) groups is 1. The Labute approximate surface area is 232 Å². The fourth-order valence-electron chi connectivity index (χ4n) is 5.20. The average molecular weight is 555 g/mol. The van der Waals surface area contributed by atoms with Crippen molar-refractivity contribution in [3.05, 3.63) is 74.4 Å². The first-order chi connectivity index (χ1) is 18.5. The van der Waals surface area contributed by atoms with Gasteiger partial charge < -0.3 is 14.8 Å². The summed E-state index contributed by atoms with van der Waals surface area (Å²) in [5.74, 6) is 0.592. The van der Waals surface area contributed by atoms with E-state index in [2.05, 4.69) is 5.32 Å². The molecule has 8 heteroatoms. The topological polar surface area (TPSA) is 59.9 Å². The Balaban J connectivity index is 1.37. The summed E-state index contributed by atoms with van der Waals surface area (Å²) in [6, 6.07) is 9.94. The first kappa shape index (κ1) is 26.7. The van der Waals surface area contributed by atoms with Crippen LogP contribution < -0.4 is 14.8 Å². The molecule has 0 unspecified atom stereocenters. The molecule has 3 aromatic rings. The molecule has 1 heterocycles. The summed E-state index contributed by atoms with van der Waals surface area (Å²) in [5.41, 5.74) is 3.47. The zero-order valence-corrected chi connectivity index (χ0v) is 23.1. The van der Waals surface area contributed by atoms with Crippen LogP contribution in [0.3, 0.4) is 0 Å². The van der Waals surface area contributed by atoms with Gasteiger partial charge in [0.15, 0.2) is 11.5 Å². The Morgan fingerprint density at radius 1 is 1.13 bits per heavy atom. The van der Waals surface area contributed by atoms with E-state index in [1.807, 2.05) is 6.07 Å². The van der Waals surface area contributed by atoms with E-state index in [-0.39, 0.29) is 24.4 Å². The minimum Gasteiger partial charge on any atom is -0.493 e. The summed E-state index contributed by atoms with van der Waals surface area (Å²) in [4.78, 5) is 19.5. The van der Waals surface area contributed by atoms with Crippen molar-refractivity contribution in [1.29, 1.82) is 0 Å². The molecule has 1 fully saturated rings. The molecule has 0 radical (unpaired) electrons. The lowest BCUT2D eigenvalue weighted by molar-refractivity contribution is 0.0927. The largest absolute Gasteiger partial charge is 0.493 e. The van der Waals surface area contributed by atoms with E-state index in [4.69, 9.17) is 26.1 Å². The highest BCUT2D eigenvalue weighted by atomic mass is 35.5. The predicted octanol–water partition coefficient (Wildman–Crippen LogP) is 7.82. The van der Waals surface area contributed by atoms with Crippen molar-refractivity contribution in [1.82, 2.24) is 5.32 Å². The minimum atomic E-state index is -0.297. The molecule has 0 saturated heterocycles. The molecule has 2 aromatic carbocycles. The Morgan fingerprint density at radius 2 is 1.89 bits per heavy atom. The maximum absolute atomic E-state index is 13.4. The first-order valence-corrected chi connectivity index (χ1v) is 14.5. The SMILES string of the molecule is COc1cc(C=Nc2sc3c(c2C(=O)NC2CCCCC2)CCCC3)cc(Cl)c1OCc1ccc(F)cc1. The molecule has 5 nitrogen and oxygen atoms in total. The van der Waals surface area contributed by atoms with Crippen molar-refractivity contribution in [2.45, 2.75) is 70.4 Å². The number of benzene rings is 2. The highest BCUT2D eigenvalue weighted by Gasteiger charge is 2.27. The Kier molecular flexibility index (Phi) is 8.65. The number of thiophene rings is 1. The first-order valence-electron chi connectivity index (χ1n) is 13.3. The predicted molar refractivity (Wildman–Crippen MR) is 151 cm³/mol. The lowest BCUT2D eigenvalue weighted by Crippen LogP contribution is -2.36. The number of halogens is 2. The van der Waals surface area contributed by atoms with Gasteiger partial charge in [0.25, 0.3) is 5.91 Å². The zero-order valence-electron chi connectivity index (χ0n) is 21.5. The van der Waals surface area contributed by atoms with Gasteiger partial charge in [-0.15, -0.1) is 11.3 Å². The van der Waals surface area contributed by atoms with Crippen LogP contribution in [-0.4, -0.2) is 25.3 Å². The lowest BCUT2D eigenvalue weighted by Gasteiger charge is -2.23. The third-order valence-electron chi connectivity index (χ3n) is 7.20. The molecule has 1 N–H and O–H groups in total.